The van der Waals surface area contributed by atoms with Gasteiger partial charge in [-0.15, -0.1) is 0 Å². The maximum absolute atomic E-state index is 9.41. The molecular weight excluding hydrogens is 164 g/mol. The summed E-state index contributed by atoms with van der Waals surface area (Å²) >= 11 is 0. The number of benzene rings is 1. The molecule has 0 bridgehead atoms. The standard InChI is InChI=1S/C10H15N2O/c1-3-12(8(2)13)10-6-4-9(11)5-7-10/h4-8,11,13H,3H2,1-2H3. The van der Waals surface area contributed by atoms with Crippen molar-refractivity contribution in [1.82, 2.24) is 5.73 Å². The Bertz CT molecular complexity index is 256. The molecule has 3 nitrogen and oxygen atoms in total. The van der Waals surface area contributed by atoms with Crippen molar-refractivity contribution in [3.05, 3.63) is 24.3 Å². The predicted molar refractivity (Wildman–Crippen MR) is 53.9 cm³/mol. The average Bonchev–Trinajstić information content (AvgIpc) is 2.09. The largest absolute Gasteiger partial charge is 0.374 e. The van der Waals surface area contributed by atoms with Crippen molar-refractivity contribution in [2.24, 2.45) is 0 Å². The van der Waals surface area contributed by atoms with Crippen LogP contribution in [-0.4, -0.2) is 17.9 Å². The van der Waals surface area contributed by atoms with Gasteiger partial charge in [-0.25, -0.2) is 0 Å². The average molecular weight is 179 g/mol. The fourth-order valence-corrected chi connectivity index (χ4v) is 1.32. The van der Waals surface area contributed by atoms with E-state index in [0.29, 0.717) is 5.69 Å². The summed E-state index contributed by atoms with van der Waals surface area (Å²) in [6.45, 7) is 4.48. The molecule has 0 spiro atoms. The van der Waals surface area contributed by atoms with Gasteiger partial charge in [0.05, 0.1) is 5.69 Å². The van der Waals surface area contributed by atoms with Gasteiger partial charge in [0.15, 0.2) is 0 Å². The molecule has 1 aromatic rings. The molecular formula is C10H15N2O. The lowest BCUT2D eigenvalue weighted by Gasteiger charge is -2.26. The van der Waals surface area contributed by atoms with Crippen LogP contribution in [0.25, 0.3) is 0 Å². The molecule has 0 fully saturated rings. The lowest BCUT2D eigenvalue weighted by molar-refractivity contribution is 0.190. The second kappa shape index (κ2) is 4.14. The zero-order valence-corrected chi connectivity index (χ0v) is 7.99. The van der Waals surface area contributed by atoms with Gasteiger partial charge in [0.2, 0.25) is 0 Å². The minimum Gasteiger partial charge on any atom is -0.374 e. The van der Waals surface area contributed by atoms with Crippen molar-refractivity contribution in [3.63, 3.8) is 0 Å². The van der Waals surface area contributed by atoms with E-state index in [-0.39, 0.29) is 0 Å². The van der Waals surface area contributed by atoms with Crippen molar-refractivity contribution < 1.29 is 5.11 Å². The van der Waals surface area contributed by atoms with Gasteiger partial charge in [-0.3, -0.25) is 0 Å². The SMILES string of the molecule is CCN(c1ccc([NH])cc1)C(C)O. The number of nitrogens with zero attached hydrogens (tertiary/aromatic N) is 1. The Morgan fingerprint density at radius 2 is 1.92 bits per heavy atom. The smallest absolute Gasteiger partial charge is 0.124 e. The number of aliphatic hydroxyl groups excluding tert-OH is 1. The first-order chi connectivity index (χ1) is 6.15. The molecule has 0 amide bonds. The fraction of sp³-hybridized carbons (Fsp3) is 0.400. The number of nitrogens with one attached hydrogen (secondary N) is 1. The Labute approximate surface area is 78.8 Å². The zero-order valence-electron chi connectivity index (χ0n) is 7.99. The molecule has 71 valence electrons. The Morgan fingerprint density at radius 3 is 2.31 bits per heavy atom. The molecule has 13 heavy (non-hydrogen) atoms. The molecule has 1 unspecified atom stereocenters. The summed E-state index contributed by atoms with van der Waals surface area (Å²) in [7, 11) is 0. The number of aliphatic hydroxyl groups is 1. The Balaban J connectivity index is 2.86. The third kappa shape index (κ3) is 2.36. The molecule has 1 aromatic carbocycles. The van der Waals surface area contributed by atoms with Gasteiger partial charge in [0.25, 0.3) is 0 Å². The zero-order chi connectivity index (χ0) is 9.84. The molecule has 0 aliphatic carbocycles. The molecule has 0 heterocycles. The van der Waals surface area contributed by atoms with Gasteiger partial charge >= 0.3 is 0 Å². The quantitative estimate of drug-likeness (QED) is 0.719. The summed E-state index contributed by atoms with van der Waals surface area (Å²) in [6, 6.07) is 7.14. The highest BCUT2D eigenvalue weighted by Gasteiger charge is 2.08. The number of rotatable bonds is 3. The van der Waals surface area contributed by atoms with Gasteiger partial charge in [-0.05, 0) is 38.1 Å². The van der Waals surface area contributed by atoms with Gasteiger partial charge in [-0.1, -0.05) is 0 Å². The van der Waals surface area contributed by atoms with E-state index in [1.165, 1.54) is 0 Å². The third-order valence-electron chi connectivity index (χ3n) is 1.99. The second-order valence-electron chi connectivity index (χ2n) is 2.96. The highest BCUT2D eigenvalue weighted by atomic mass is 16.3. The molecule has 0 saturated heterocycles. The van der Waals surface area contributed by atoms with Crippen molar-refractivity contribution in [3.8, 4) is 0 Å². The van der Waals surface area contributed by atoms with Gasteiger partial charge in [0, 0.05) is 12.2 Å². The lowest BCUT2D eigenvalue weighted by atomic mass is 10.2. The van der Waals surface area contributed by atoms with E-state index in [9.17, 15) is 5.11 Å². The van der Waals surface area contributed by atoms with Crippen LogP contribution < -0.4 is 10.6 Å². The van der Waals surface area contributed by atoms with Crippen LogP contribution in [0.4, 0.5) is 11.4 Å². The van der Waals surface area contributed by atoms with Crippen LogP contribution in [0.15, 0.2) is 24.3 Å². The summed E-state index contributed by atoms with van der Waals surface area (Å²) in [5.41, 5.74) is 8.76. The topological polar surface area (TPSA) is 47.3 Å². The monoisotopic (exact) mass is 179 g/mol. The minimum absolute atomic E-state index is 0.485. The van der Waals surface area contributed by atoms with Gasteiger partial charge < -0.3 is 15.7 Å². The molecule has 0 saturated carbocycles. The van der Waals surface area contributed by atoms with Gasteiger partial charge in [0.1, 0.15) is 6.23 Å². The first-order valence-electron chi connectivity index (χ1n) is 4.41. The summed E-state index contributed by atoms with van der Waals surface area (Å²) in [5.74, 6) is 0. The normalized spacial score (nSPS) is 12.5. The molecule has 0 aliphatic rings. The Morgan fingerprint density at radius 1 is 1.38 bits per heavy atom. The maximum Gasteiger partial charge on any atom is 0.124 e. The minimum atomic E-state index is -0.485. The number of anilines is 1. The van der Waals surface area contributed by atoms with Crippen LogP contribution in [0, 0.1) is 0 Å². The Hall–Kier alpha value is -1.22. The van der Waals surface area contributed by atoms with Crippen molar-refractivity contribution in [1.29, 1.82) is 0 Å². The summed E-state index contributed by atoms with van der Waals surface area (Å²) in [6.07, 6.45) is -0.485. The van der Waals surface area contributed by atoms with Crippen LogP contribution in [0.2, 0.25) is 0 Å². The van der Waals surface area contributed by atoms with E-state index in [2.05, 4.69) is 0 Å². The van der Waals surface area contributed by atoms with Crippen molar-refractivity contribution in [2.45, 2.75) is 20.1 Å². The van der Waals surface area contributed by atoms with E-state index in [1.807, 2.05) is 24.0 Å². The molecule has 1 radical (unpaired) electrons. The van der Waals surface area contributed by atoms with E-state index < -0.39 is 6.23 Å². The highest BCUT2D eigenvalue weighted by molar-refractivity contribution is 5.51. The van der Waals surface area contributed by atoms with E-state index in [4.69, 9.17) is 5.73 Å². The molecule has 3 heteroatoms. The number of hydrogen-bond acceptors (Lipinski definition) is 2. The lowest BCUT2D eigenvalue weighted by Crippen LogP contribution is -2.32. The summed E-state index contributed by atoms with van der Waals surface area (Å²) < 4.78 is 0. The van der Waals surface area contributed by atoms with Crippen LogP contribution in [0.3, 0.4) is 0 Å². The Kier molecular flexibility index (Phi) is 3.14. The molecule has 1 rings (SSSR count). The number of hydrogen-bond donors (Lipinski definition) is 1. The van der Waals surface area contributed by atoms with E-state index in [0.717, 1.165) is 12.2 Å². The molecule has 0 aromatic heterocycles. The maximum atomic E-state index is 9.41. The summed E-state index contributed by atoms with van der Waals surface area (Å²) in [4.78, 5) is 1.86. The van der Waals surface area contributed by atoms with Crippen molar-refractivity contribution >= 4 is 11.4 Å². The van der Waals surface area contributed by atoms with E-state index in [1.54, 1.807) is 19.1 Å². The summed E-state index contributed by atoms with van der Waals surface area (Å²) in [5, 5.41) is 9.41. The second-order valence-corrected chi connectivity index (χ2v) is 2.96. The first kappa shape index (κ1) is 9.86. The van der Waals surface area contributed by atoms with Crippen LogP contribution in [0.5, 0.6) is 0 Å². The molecule has 1 atom stereocenters. The predicted octanol–water partition coefficient (Wildman–Crippen LogP) is 1.77. The third-order valence-corrected chi connectivity index (χ3v) is 1.99. The molecule has 0 aliphatic heterocycles. The van der Waals surface area contributed by atoms with Gasteiger partial charge in [-0.2, -0.15) is 0 Å². The fourth-order valence-electron chi connectivity index (χ4n) is 1.32. The first-order valence-corrected chi connectivity index (χ1v) is 4.41. The molecule has 2 N–H and O–H groups in total. The van der Waals surface area contributed by atoms with Crippen LogP contribution in [0.1, 0.15) is 13.8 Å². The van der Waals surface area contributed by atoms with Crippen LogP contribution >= 0.6 is 0 Å². The highest BCUT2D eigenvalue weighted by Crippen LogP contribution is 2.17. The van der Waals surface area contributed by atoms with Crippen molar-refractivity contribution in [2.75, 3.05) is 11.4 Å². The van der Waals surface area contributed by atoms with E-state index >= 15 is 0 Å². The van der Waals surface area contributed by atoms with Crippen LogP contribution in [-0.2, 0) is 0 Å².